The minimum absolute atomic E-state index is 0.102. The van der Waals surface area contributed by atoms with Gasteiger partial charge in [-0.15, -0.1) is 0 Å². The van der Waals surface area contributed by atoms with E-state index in [0.29, 0.717) is 11.3 Å². The van der Waals surface area contributed by atoms with E-state index >= 15 is 0 Å². The van der Waals surface area contributed by atoms with E-state index in [9.17, 15) is 29.4 Å². The molecule has 1 aliphatic rings. The van der Waals surface area contributed by atoms with Crippen LogP contribution in [-0.4, -0.2) is 27.2 Å². The van der Waals surface area contributed by atoms with Crippen molar-refractivity contribution in [1.29, 1.82) is 0 Å². The third-order valence-electron chi connectivity index (χ3n) is 5.01. The van der Waals surface area contributed by atoms with Crippen LogP contribution in [0.2, 0.25) is 5.02 Å². The Morgan fingerprint density at radius 2 is 1.76 bits per heavy atom. The lowest BCUT2D eigenvalue weighted by Crippen LogP contribution is -2.27. The molecule has 3 aromatic carbocycles. The van der Waals surface area contributed by atoms with E-state index < -0.39 is 32.9 Å². The number of thiocarbonyl (C=S) groups is 1. The van der Waals surface area contributed by atoms with Crippen LogP contribution >= 0.6 is 35.6 Å². The van der Waals surface area contributed by atoms with E-state index in [1.807, 2.05) is 0 Å². The molecule has 188 valence electrons. The average molecular weight is 562 g/mol. The fourth-order valence-electron chi connectivity index (χ4n) is 3.29. The van der Waals surface area contributed by atoms with Crippen molar-refractivity contribution in [3.05, 3.63) is 96.1 Å². The zero-order valence-corrected chi connectivity index (χ0v) is 20.9. The number of amides is 1. The molecule has 0 unspecified atom stereocenters. The topological polar surface area (TPSA) is 125 Å². The number of non-ortho nitro benzene ring substituents is 1. The first kappa shape index (κ1) is 26.0. The minimum atomic E-state index is -0.792. The Kier molecular flexibility index (Phi) is 7.38. The number of carbonyl (C=O) groups is 1. The summed E-state index contributed by atoms with van der Waals surface area (Å²) >= 11 is 12.2. The monoisotopic (exact) mass is 561 g/mol. The Balaban J connectivity index is 1.62. The maximum Gasteiger partial charge on any atom is 0.318 e. The summed E-state index contributed by atoms with van der Waals surface area (Å²) in [7, 11) is 1.36. The summed E-state index contributed by atoms with van der Waals surface area (Å²) in [6.45, 7) is 0. The number of thioether (sulfide) groups is 1. The lowest BCUT2D eigenvalue weighted by molar-refractivity contribution is -0.394. The summed E-state index contributed by atoms with van der Waals surface area (Å²) in [6.07, 6.45) is 1.56. The maximum absolute atomic E-state index is 13.5. The molecule has 4 rings (SSSR count). The van der Waals surface area contributed by atoms with Gasteiger partial charge < -0.3 is 9.47 Å². The number of rotatable bonds is 7. The molecule has 1 saturated heterocycles. The molecule has 1 amide bonds. The number of ether oxygens (including phenoxy) is 2. The van der Waals surface area contributed by atoms with Gasteiger partial charge in [0.15, 0.2) is 15.8 Å². The molecule has 0 bridgehead atoms. The van der Waals surface area contributed by atoms with E-state index in [0.717, 1.165) is 36.0 Å². The standard InChI is InChI=1S/C23H13ClFN3O7S2/c1-34-20-8-12(2-6-19(20)35-18-7-4-14(27(30)31)11-17(18)28(32)33)9-21-22(29)26(23(36)37-21)13-3-5-16(25)15(24)10-13/h2-11H,1H3/b21-9+. The normalized spacial score (nSPS) is 14.2. The highest BCUT2D eigenvalue weighted by molar-refractivity contribution is 8.27. The molecule has 1 heterocycles. The van der Waals surface area contributed by atoms with Crippen LogP contribution in [-0.2, 0) is 4.79 Å². The lowest BCUT2D eigenvalue weighted by atomic mass is 10.1. The minimum Gasteiger partial charge on any atom is -0.493 e. The number of anilines is 1. The Labute approximate surface area is 222 Å². The largest absolute Gasteiger partial charge is 0.493 e. The predicted molar refractivity (Wildman–Crippen MR) is 140 cm³/mol. The van der Waals surface area contributed by atoms with Gasteiger partial charge in [0.05, 0.1) is 38.6 Å². The van der Waals surface area contributed by atoms with Gasteiger partial charge in [0.1, 0.15) is 5.82 Å². The van der Waals surface area contributed by atoms with Gasteiger partial charge in [-0.2, -0.15) is 0 Å². The van der Waals surface area contributed by atoms with E-state index in [1.165, 1.54) is 36.3 Å². The van der Waals surface area contributed by atoms with Crippen molar-refractivity contribution in [2.45, 2.75) is 0 Å². The van der Waals surface area contributed by atoms with Crippen molar-refractivity contribution in [2.75, 3.05) is 12.0 Å². The summed E-state index contributed by atoms with van der Waals surface area (Å²) in [4.78, 5) is 35.3. The Hall–Kier alpha value is -4.07. The third kappa shape index (κ3) is 5.38. The fraction of sp³-hybridized carbons (Fsp3) is 0.0435. The number of halogens is 2. The van der Waals surface area contributed by atoms with Crippen LogP contribution in [0.25, 0.3) is 6.08 Å². The van der Waals surface area contributed by atoms with Gasteiger partial charge in [0.25, 0.3) is 11.6 Å². The van der Waals surface area contributed by atoms with Crippen LogP contribution in [0.1, 0.15) is 5.56 Å². The van der Waals surface area contributed by atoms with E-state index in [-0.39, 0.29) is 31.5 Å². The van der Waals surface area contributed by atoms with Crippen molar-refractivity contribution in [1.82, 2.24) is 0 Å². The highest BCUT2D eigenvalue weighted by atomic mass is 35.5. The van der Waals surface area contributed by atoms with Gasteiger partial charge in [-0.25, -0.2) is 4.39 Å². The van der Waals surface area contributed by atoms with Crippen LogP contribution in [0.4, 0.5) is 21.5 Å². The van der Waals surface area contributed by atoms with Crippen LogP contribution in [0.15, 0.2) is 59.5 Å². The number of nitrogens with zero attached hydrogens (tertiary/aromatic N) is 3. The highest BCUT2D eigenvalue weighted by Gasteiger charge is 2.33. The first-order valence-corrected chi connectivity index (χ1v) is 11.7. The van der Waals surface area contributed by atoms with Crippen LogP contribution in [0, 0.1) is 26.0 Å². The molecule has 0 spiro atoms. The predicted octanol–water partition coefficient (Wildman–Crippen LogP) is 6.50. The molecule has 37 heavy (non-hydrogen) atoms. The summed E-state index contributed by atoms with van der Waals surface area (Å²) < 4.78 is 24.7. The van der Waals surface area contributed by atoms with Crippen molar-refractivity contribution < 1.29 is 28.5 Å². The van der Waals surface area contributed by atoms with Gasteiger partial charge >= 0.3 is 5.69 Å². The molecule has 0 N–H and O–H groups in total. The zero-order chi connectivity index (χ0) is 26.9. The van der Waals surface area contributed by atoms with Crippen LogP contribution in [0.3, 0.4) is 0 Å². The Morgan fingerprint density at radius 3 is 2.41 bits per heavy atom. The second kappa shape index (κ2) is 10.5. The molecule has 0 saturated carbocycles. The Morgan fingerprint density at radius 1 is 1.03 bits per heavy atom. The number of benzene rings is 3. The lowest BCUT2D eigenvalue weighted by Gasteiger charge is -2.14. The second-order valence-electron chi connectivity index (χ2n) is 7.29. The molecule has 1 aliphatic heterocycles. The van der Waals surface area contributed by atoms with Gasteiger partial charge in [-0.1, -0.05) is 41.6 Å². The SMILES string of the molecule is COc1cc(/C=C2/SC(=S)N(c3ccc(F)c(Cl)c3)C2=O)ccc1Oc1ccc([N+](=O)[O-])cc1[N+](=O)[O-]. The molecule has 10 nitrogen and oxygen atoms in total. The van der Waals surface area contributed by atoms with Crippen molar-refractivity contribution in [3.8, 4) is 17.2 Å². The second-order valence-corrected chi connectivity index (χ2v) is 9.38. The molecule has 0 aromatic heterocycles. The zero-order valence-electron chi connectivity index (χ0n) is 18.5. The van der Waals surface area contributed by atoms with E-state index in [4.69, 9.17) is 33.3 Å². The van der Waals surface area contributed by atoms with Gasteiger partial charge in [-0.05, 0) is 48.0 Å². The summed E-state index contributed by atoms with van der Waals surface area (Å²) in [5.41, 5.74) is -0.199. The fourth-order valence-corrected chi connectivity index (χ4v) is 4.76. The smallest absolute Gasteiger partial charge is 0.318 e. The van der Waals surface area contributed by atoms with Crippen LogP contribution < -0.4 is 14.4 Å². The first-order valence-electron chi connectivity index (χ1n) is 10.1. The van der Waals surface area contributed by atoms with Crippen molar-refractivity contribution in [3.63, 3.8) is 0 Å². The quantitative estimate of drug-likeness (QED) is 0.137. The summed E-state index contributed by atoms with van der Waals surface area (Å²) in [6, 6.07) is 11.4. The number of methoxy groups -OCH3 is 1. The number of nitro benzene ring substituents is 2. The molecular weight excluding hydrogens is 549 g/mol. The summed E-state index contributed by atoms with van der Waals surface area (Å²) in [5, 5.41) is 22.2. The molecule has 0 aliphatic carbocycles. The van der Waals surface area contributed by atoms with Crippen molar-refractivity contribution >= 4 is 68.9 Å². The molecule has 3 aromatic rings. The van der Waals surface area contributed by atoms with Crippen molar-refractivity contribution in [2.24, 2.45) is 0 Å². The molecular formula is C23H13ClFN3O7S2. The van der Waals surface area contributed by atoms with Gasteiger partial charge in [0, 0.05) is 6.07 Å². The van der Waals surface area contributed by atoms with Gasteiger partial charge in [-0.3, -0.25) is 29.9 Å². The third-order valence-corrected chi connectivity index (χ3v) is 6.60. The number of hydrogen-bond donors (Lipinski definition) is 0. The number of nitro groups is 2. The number of carbonyl (C=O) groups excluding carboxylic acids is 1. The van der Waals surface area contributed by atoms with E-state index in [1.54, 1.807) is 12.1 Å². The molecule has 14 heteroatoms. The molecule has 1 fully saturated rings. The Bertz CT molecular complexity index is 1520. The summed E-state index contributed by atoms with van der Waals surface area (Å²) in [5.74, 6) is -0.994. The molecule has 0 radical (unpaired) electrons. The van der Waals surface area contributed by atoms with Crippen LogP contribution in [0.5, 0.6) is 17.2 Å². The van der Waals surface area contributed by atoms with Gasteiger partial charge in [0.2, 0.25) is 5.75 Å². The maximum atomic E-state index is 13.5. The average Bonchev–Trinajstić information content (AvgIpc) is 3.14. The number of hydrogen-bond acceptors (Lipinski definition) is 9. The first-order chi connectivity index (χ1) is 17.6. The van der Waals surface area contributed by atoms with E-state index in [2.05, 4.69) is 0 Å². The highest BCUT2D eigenvalue weighted by Crippen LogP contribution is 2.40. The molecule has 0 atom stereocenters.